The molecule has 2 nitrogen and oxygen atoms in total. The number of nitrogen functional groups attached to an aromatic ring is 1. The second-order valence-corrected chi connectivity index (χ2v) is 4.06. The van der Waals surface area contributed by atoms with Gasteiger partial charge >= 0.3 is 0 Å². The highest BCUT2D eigenvalue weighted by atomic mass is 14.8. The van der Waals surface area contributed by atoms with Gasteiger partial charge in [0.1, 0.15) is 0 Å². The van der Waals surface area contributed by atoms with E-state index in [-0.39, 0.29) is 5.54 Å². The van der Waals surface area contributed by atoms with Gasteiger partial charge in [0.2, 0.25) is 0 Å². The van der Waals surface area contributed by atoms with Gasteiger partial charge in [0.15, 0.2) is 0 Å². The quantitative estimate of drug-likeness (QED) is 0.689. The number of hydrogen-bond acceptors (Lipinski definition) is 2. The van der Waals surface area contributed by atoms with Crippen LogP contribution in [0, 0.1) is 0 Å². The van der Waals surface area contributed by atoms with Crippen LogP contribution >= 0.6 is 0 Å². The predicted octanol–water partition coefficient (Wildman–Crippen LogP) is 1.69. The maximum atomic E-state index is 6.00. The normalized spacial score (nSPS) is 18.5. The number of anilines is 1. The van der Waals surface area contributed by atoms with Gasteiger partial charge in [-0.1, -0.05) is 18.2 Å². The zero-order valence-corrected chi connectivity index (χ0v) is 7.79. The smallest absolute Gasteiger partial charge is 0.0346 e. The molecule has 13 heavy (non-hydrogen) atoms. The van der Waals surface area contributed by atoms with Crippen molar-refractivity contribution in [3.05, 3.63) is 29.8 Å². The van der Waals surface area contributed by atoms with Crippen LogP contribution in [0.3, 0.4) is 0 Å². The second-order valence-electron chi connectivity index (χ2n) is 4.06. The first-order valence-corrected chi connectivity index (χ1v) is 4.82. The minimum absolute atomic E-state index is 0.141. The molecule has 0 spiro atoms. The lowest BCUT2D eigenvalue weighted by molar-refractivity contribution is 0.610. The van der Waals surface area contributed by atoms with E-state index in [2.05, 4.69) is 6.07 Å². The summed E-state index contributed by atoms with van der Waals surface area (Å²) in [5.41, 5.74) is 14.1. The number of rotatable bonds is 3. The van der Waals surface area contributed by atoms with Gasteiger partial charge in [0.05, 0.1) is 0 Å². The third-order valence-electron chi connectivity index (χ3n) is 2.84. The van der Waals surface area contributed by atoms with Gasteiger partial charge in [-0.15, -0.1) is 0 Å². The summed E-state index contributed by atoms with van der Waals surface area (Å²) in [4.78, 5) is 0. The van der Waals surface area contributed by atoms with Crippen LogP contribution in [-0.4, -0.2) is 5.54 Å². The molecule has 0 heterocycles. The van der Waals surface area contributed by atoms with E-state index in [1.165, 1.54) is 18.4 Å². The van der Waals surface area contributed by atoms with Gasteiger partial charge in [-0.2, -0.15) is 0 Å². The summed E-state index contributed by atoms with van der Waals surface area (Å²) in [5, 5.41) is 0. The zero-order chi connectivity index (χ0) is 9.31. The fourth-order valence-corrected chi connectivity index (χ4v) is 1.56. The molecule has 1 saturated carbocycles. The molecule has 2 heteroatoms. The van der Waals surface area contributed by atoms with Crippen molar-refractivity contribution in [1.29, 1.82) is 0 Å². The van der Waals surface area contributed by atoms with Crippen molar-refractivity contribution >= 4 is 5.69 Å². The standard InChI is InChI=1S/C11H16N2/c12-10-4-2-1-3-9(10)5-6-11(13)7-8-11/h1-4H,5-8,12-13H2. The van der Waals surface area contributed by atoms with Crippen molar-refractivity contribution in [2.75, 3.05) is 5.73 Å². The Morgan fingerprint density at radius 2 is 1.92 bits per heavy atom. The minimum Gasteiger partial charge on any atom is -0.399 e. The molecule has 70 valence electrons. The van der Waals surface area contributed by atoms with E-state index in [0.717, 1.165) is 18.5 Å². The molecule has 1 aliphatic carbocycles. The van der Waals surface area contributed by atoms with E-state index in [1.807, 2.05) is 18.2 Å². The number of nitrogens with two attached hydrogens (primary N) is 2. The molecule has 2 rings (SSSR count). The molecule has 0 atom stereocenters. The van der Waals surface area contributed by atoms with E-state index in [0.29, 0.717) is 0 Å². The van der Waals surface area contributed by atoms with Crippen molar-refractivity contribution in [1.82, 2.24) is 0 Å². The van der Waals surface area contributed by atoms with Crippen LogP contribution in [-0.2, 0) is 6.42 Å². The molecule has 4 N–H and O–H groups in total. The molecule has 0 unspecified atom stereocenters. The Bertz CT molecular complexity index is 303. The van der Waals surface area contributed by atoms with Crippen molar-refractivity contribution in [3.8, 4) is 0 Å². The highest BCUT2D eigenvalue weighted by Gasteiger charge is 2.37. The van der Waals surface area contributed by atoms with Crippen LogP contribution < -0.4 is 11.5 Å². The highest BCUT2D eigenvalue weighted by molar-refractivity contribution is 5.46. The van der Waals surface area contributed by atoms with Crippen LogP contribution in [0.25, 0.3) is 0 Å². The van der Waals surface area contributed by atoms with E-state index in [1.54, 1.807) is 0 Å². The maximum Gasteiger partial charge on any atom is 0.0346 e. The van der Waals surface area contributed by atoms with Crippen LogP contribution in [0.1, 0.15) is 24.8 Å². The lowest BCUT2D eigenvalue weighted by atomic mass is 10.0. The van der Waals surface area contributed by atoms with Crippen molar-refractivity contribution < 1.29 is 0 Å². The fourth-order valence-electron chi connectivity index (χ4n) is 1.56. The summed E-state index contributed by atoms with van der Waals surface area (Å²) in [5.74, 6) is 0. The Hall–Kier alpha value is -1.02. The molecule has 0 amide bonds. The lowest BCUT2D eigenvalue weighted by Crippen LogP contribution is -2.22. The molecule has 0 aromatic heterocycles. The fraction of sp³-hybridized carbons (Fsp3) is 0.455. The van der Waals surface area contributed by atoms with E-state index in [4.69, 9.17) is 11.5 Å². The molecule has 1 aromatic carbocycles. The van der Waals surface area contributed by atoms with Gasteiger partial charge in [-0.05, 0) is 37.3 Å². The largest absolute Gasteiger partial charge is 0.399 e. The van der Waals surface area contributed by atoms with Gasteiger partial charge < -0.3 is 11.5 Å². The number of benzene rings is 1. The van der Waals surface area contributed by atoms with Crippen molar-refractivity contribution in [3.63, 3.8) is 0 Å². The Morgan fingerprint density at radius 3 is 2.54 bits per heavy atom. The Morgan fingerprint density at radius 1 is 1.23 bits per heavy atom. The average Bonchev–Trinajstić information content (AvgIpc) is 2.83. The van der Waals surface area contributed by atoms with Crippen LogP contribution in [0.4, 0.5) is 5.69 Å². The first-order chi connectivity index (χ1) is 6.20. The van der Waals surface area contributed by atoms with Gasteiger partial charge in [-0.3, -0.25) is 0 Å². The van der Waals surface area contributed by atoms with Gasteiger partial charge in [0, 0.05) is 11.2 Å². The third kappa shape index (κ3) is 2.01. The molecule has 0 saturated heterocycles. The molecule has 1 aliphatic rings. The monoisotopic (exact) mass is 176 g/mol. The summed E-state index contributed by atoms with van der Waals surface area (Å²) in [6.07, 6.45) is 4.45. The van der Waals surface area contributed by atoms with Gasteiger partial charge in [-0.25, -0.2) is 0 Å². The molecular formula is C11H16N2. The first-order valence-electron chi connectivity index (χ1n) is 4.82. The Kier molecular flexibility index (Phi) is 2.00. The SMILES string of the molecule is Nc1ccccc1CCC1(N)CC1. The topological polar surface area (TPSA) is 52.0 Å². The zero-order valence-electron chi connectivity index (χ0n) is 7.79. The molecular weight excluding hydrogens is 160 g/mol. The molecule has 1 fully saturated rings. The van der Waals surface area contributed by atoms with E-state index >= 15 is 0 Å². The summed E-state index contributed by atoms with van der Waals surface area (Å²) in [6.45, 7) is 0. The minimum atomic E-state index is 0.141. The summed E-state index contributed by atoms with van der Waals surface area (Å²) in [6, 6.07) is 8.03. The average molecular weight is 176 g/mol. The van der Waals surface area contributed by atoms with Crippen molar-refractivity contribution in [2.45, 2.75) is 31.2 Å². The Labute approximate surface area is 78.9 Å². The van der Waals surface area contributed by atoms with Gasteiger partial charge in [0.25, 0.3) is 0 Å². The molecule has 1 aromatic rings. The highest BCUT2D eigenvalue weighted by Crippen LogP contribution is 2.36. The number of hydrogen-bond donors (Lipinski definition) is 2. The summed E-state index contributed by atoms with van der Waals surface area (Å²) < 4.78 is 0. The Balaban J connectivity index is 1.97. The first kappa shape index (κ1) is 8.57. The molecule has 0 bridgehead atoms. The van der Waals surface area contributed by atoms with Crippen LogP contribution in [0.5, 0.6) is 0 Å². The molecule has 0 radical (unpaired) electrons. The van der Waals surface area contributed by atoms with E-state index < -0.39 is 0 Å². The second kappa shape index (κ2) is 3.04. The predicted molar refractivity (Wildman–Crippen MR) is 55.3 cm³/mol. The summed E-state index contributed by atoms with van der Waals surface area (Å²) in [7, 11) is 0. The van der Waals surface area contributed by atoms with Crippen LogP contribution in [0.15, 0.2) is 24.3 Å². The van der Waals surface area contributed by atoms with Crippen molar-refractivity contribution in [2.24, 2.45) is 5.73 Å². The molecule has 0 aliphatic heterocycles. The lowest BCUT2D eigenvalue weighted by Gasteiger charge is -2.09. The summed E-state index contributed by atoms with van der Waals surface area (Å²) >= 11 is 0. The third-order valence-corrected chi connectivity index (χ3v) is 2.84. The van der Waals surface area contributed by atoms with Crippen LogP contribution in [0.2, 0.25) is 0 Å². The van der Waals surface area contributed by atoms with E-state index in [9.17, 15) is 0 Å². The number of aryl methyl sites for hydroxylation is 1. The number of para-hydroxylation sites is 1. The maximum absolute atomic E-state index is 6.00.